The van der Waals surface area contributed by atoms with Crippen LogP contribution < -0.4 is 5.32 Å². The Hall–Kier alpha value is -4.27. The molecule has 4 aromatic rings. The minimum atomic E-state index is -1.14. The van der Waals surface area contributed by atoms with E-state index in [0.29, 0.717) is 17.8 Å². The van der Waals surface area contributed by atoms with Gasteiger partial charge in [0.2, 0.25) is 0 Å². The molecule has 1 amide bonds. The number of ether oxygens (including phenoxy) is 1. The van der Waals surface area contributed by atoms with Crippen molar-refractivity contribution >= 4 is 23.2 Å². The number of carbonyl (C=O) groups is 2. The molecule has 0 bridgehead atoms. The summed E-state index contributed by atoms with van der Waals surface area (Å²) >= 11 is 0. The number of benzene rings is 2. The molecule has 0 saturated carbocycles. The van der Waals surface area contributed by atoms with Crippen LogP contribution >= 0.6 is 0 Å². The molecule has 0 radical (unpaired) electrons. The summed E-state index contributed by atoms with van der Waals surface area (Å²) in [6, 6.07) is 16.3. The number of alkyl carbamates (subject to hydrolysis) is 1. The summed E-state index contributed by atoms with van der Waals surface area (Å²) in [7, 11) is 0. The molecule has 0 aliphatic heterocycles. The normalized spacial score (nSPS) is 12.3. The largest absolute Gasteiger partial charge is 0.480 e. The number of nitrogens with one attached hydrogen (secondary N) is 1. The molecular weight excluding hydrogens is 446 g/mol. The first-order chi connectivity index (χ1) is 16.7. The van der Waals surface area contributed by atoms with E-state index >= 15 is 0 Å². The predicted molar refractivity (Wildman–Crippen MR) is 131 cm³/mol. The Labute approximate surface area is 202 Å². The number of carboxylic acid groups (broad SMARTS) is 1. The maximum atomic E-state index is 12.0. The van der Waals surface area contributed by atoms with Gasteiger partial charge in [0.05, 0.1) is 12.9 Å². The number of rotatable bonds is 7. The van der Waals surface area contributed by atoms with Gasteiger partial charge in [-0.2, -0.15) is 0 Å². The van der Waals surface area contributed by atoms with E-state index in [0.717, 1.165) is 22.3 Å². The van der Waals surface area contributed by atoms with Gasteiger partial charge in [0, 0.05) is 12.0 Å². The summed E-state index contributed by atoms with van der Waals surface area (Å²) in [5.74, 6) is -1.14. The first-order valence-electron chi connectivity index (χ1n) is 11.2. The second-order valence-corrected chi connectivity index (χ2v) is 9.19. The maximum Gasteiger partial charge on any atom is 0.408 e. The number of hydrogen-bond acceptors (Lipinski definition) is 6. The van der Waals surface area contributed by atoms with Crippen molar-refractivity contribution in [2.75, 3.05) is 0 Å². The van der Waals surface area contributed by atoms with Gasteiger partial charge in [-0.15, -0.1) is 0 Å². The summed E-state index contributed by atoms with van der Waals surface area (Å²) in [5.41, 5.74) is 4.11. The summed E-state index contributed by atoms with van der Waals surface area (Å²) in [6.45, 7) is 5.80. The van der Waals surface area contributed by atoms with Crippen molar-refractivity contribution in [2.45, 2.75) is 45.4 Å². The zero-order valence-corrected chi connectivity index (χ0v) is 19.8. The summed E-state index contributed by atoms with van der Waals surface area (Å²) in [6.07, 6.45) is 2.61. The van der Waals surface area contributed by atoms with Crippen molar-refractivity contribution in [3.05, 3.63) is 78.4 Å². The third kappa shape index (κ3) is 6.00. The standard InChI is InChI=1S/C26H27N5O4/c1-26(2,3)35-25(34)30-20(24(32)33)13-17-9-11-19(12-10-17)21-22-23(28-15-27-21)31(16-29-22)14-18-7-5-4-6-8-18/h4-12,15-16,20H,13-14H2,1-3H3,(H,30,34)(H,32,33). The number of amides is 1. The smallest absolute Gasteiger partial charge is 0.408 e. The molecule has 9 heteroatoms. The molecular formula is C26H27N5O4. The van der Waals surface area contributed by atoms with Gasteiger partial charge < -0.3 is 19.7 Å². The van der Waals surface area contributed by atoms with E-state index in [-0.39, 0.29) is 6.42 Å². The van der Waals surface area contributed by atoms with E-state index in [9.17, 15) is 14.7 Å². The Morgan fingerprint density at radius 2 is 1.71 bits per heavy atom. The molecule has 0 spiro atoms. The molecule has 0 aliphatic carbocycles. The average molecular weight is 474 g/mol. The summed E-state index contributed by atoms with van der Waals surface area (Å²) in [4.78, 5) is 37.1. The Balaban J connectivity index is 1.51. The first kappa shape index (κ1) is 23.9. The molecule has 0 fully saturated rings. The minimum Gasteiger partial charge on any atom is -0.480 e. The molecule has 0 aliphatic rings. The fourth-order valence-corrected chi connectivity index (χ4v) is 3.67. The number of hydrogen-bond donors (Lipinski definition) is 2. The van der Waals surface area contributed by atoms with Gasteiger partial charge >= 0.3 is 12.1 Å². The van der Waals surface area contributed by atoms with Crippen molar-refractivity contribution in [2.24, 2.45) is 0 Å². The molecule has 2 aromatic heterocycles. The lowest BCUT2D eigenvalue weighted by molar-refractivity contribution is -0.139. The number of carboxylic acids is 1. The highest BCUT2D eigenvalue weighted by molar-refractivity contribution is 5.87. The highest BCUT2D eigenvalue weighted by Crippen LogP contribution is 2.25. The van der Waals surface area contributed by atoms with E-state index in [2.05, 4.69) is 32.4 Å². The lowest BCUT2D eigenvalue weighted by atomic mass is 10.0. The second-order valence-electron chi connectivity index (χ2n) is 9.19. The van der Waals surface area contributed by atoms with Gasteiger partial charge in [0.15, 0.2) is 5.65 Å². The van der Waals surface area contributed by atoms with Gasteiger partial charge in [-0.3, -0.25) is 0 Å². The molecule has 9 nitrogen and oxygen atoms in total. The third-order valence-electron chi connectivity index (χ3n) is 5.25. The van der Waals surface area contributed by atoms with E-state index in [1.165, 1.54) is 6.33 Å². The van der Waals surface area contributed by atoms with Crippen LogP contribution in [0.1, 0.15) is 31.9 Å². The number of imidazole rings is 1. The summed E-state index contributed by atoms with van der Waals surface area (Å²) in [5, 5.41) is 12.0. The van der Waals surface area contributed by atoms with Crippen LogP contribution in [0.2, 0.25) is 0 Å². The second kappa shape index (κ2) is 9.92. The van der Waals surface area contributed by atoms with Crippen molar-refractivity contribution in [1.29, 1.82) is 0 Å². The highest BCUT2D eigenvalue weighted by atomic mass is 16.6. The molecule has 4 rings (SSSR count). The molecule has 0 saturated heterocycles. The van der Waals surface area contributed by atoms with Crippen LogP contribution in [0, 0.1) is 0 Å². The number of aliphatic carboxylic acids is 1. The quantitative estimate of drug-likeness (QED) is 0.415. The van der Waals surface area contributed by atoms with Crippen LogP contribution in [0.15, 0.2) is 67.3 Å². The Kier molecular flexibility index (Phi) is 6.77. The molecule has 2 N–H and O–H groups in total. The molecule has 2 heterocycles. The Morgan fingerprint density at radius 3 is 2.37 bits per heavy atom. The zero-order valence-electron chi connectivity index (χ0n) is 19.8. The Bertz CT molecular complexity index is 1330. The van der Waals surface area contributed by atoms with Crippen molar-refractivity contribution in [3.63, 3.8) is 0 Å². The van der Waals surface area contributed by atoms with Crippen LogP contribution in [-0.4, -0.2) is 48.3 Å². The van der Waals surface area contributed by atoms with Gasteiger partial charge in [0.1, 0.15) is 29.2 Å². The molecule has 2 aromatic carbocycles. The number of nitrogens with zero attached hydrogens (tertiary/aromatic N) is 4. The van der Waals surface area contributed by atoms with E-state index in [1.54, 1.807) is 27.1 Å². The fraction of sp³-hybridized carbons (Fsp3) is 0.269. The topological polar surface area (TPSA) is 119 Å². The average Bonchev–Trinajstić information content (AvgIpc) is 3.21. The van der Waals surface area contributed by atoms with Gasteiger partial charge in [0.25, 0.3) is 0 Å². The SMILES string of the molecule is CC(C)(C)OC(=O)NC(Cc1ccc(-c2ncnc3c2ncn3Cc2ccccc2)cc1)C(=O)O. The van der Waals surface area contributed by atoms with Gasteiger partial charge in [-0.25, -0.2) is 24.5 Å². The van der Waals surface area contributed by atoms with Gasteiger partial charge in [-0.1, -0.05) is 54.6 Å². The minimum absolute atomic E-state index is 0.111. The predicted octanol–water partition coefficient (Wildman–Crippen LogP) is 4.06. The van der Waals surface area contributed by atoms with E-state index in [1.807, 2.05) is 47.0 Å². The molecule has 1 atom stereocenters. The van der Waals surface area contributed by atoms with Crippen LogP contribution in [0.25, 0.3) is 22.4 Å². The van der Waals surface area contributed by atoms with Crippen molar-refractivity contribution in [3.8, 4) is 11.3 Å². The van der Waals surface area contributed by atoms with Crippen molar-refractivity contribution < 1.29 is 19.4 Å². The van der Waals surface area contributed by atoms with E-state index < -0.39 is 23.7 Å². The number of fused-ring (bicyclic) bond motifs is 1. The molecule has 1 unspecified atom stereocenters. The molecule has 180 valence electrons. The monoisotopic (exact) mass is 473 g/mol. The van der Waals surface area contributed by atoms with Crippen LogP contribution in [0.4, 0.5) is 4.79 Å². The lowest BCUT2D eigenvalue weighted by Crippen LogP contribution is -2.44. The lowest BCUT2D eigenvalue weighted by Gasteiger charge is -2.22. The molecule has 35 heavy (non-hydrogen) atoms. The number of aromatic nitrogens is 4. The Morgan fingerprint density at radius 1 is 1.00 bits per heavy atom. The van der Waals surface area contributed by atoms with E-state index in [4.69, 9.17) is 4.74 Å². The highest BCUT2D eigenvalue weighted by Gasteiger charge is 2.24. The van der Waals surface area contributed by atoms with Crippen molar-refractivity contribution in [1.82, 2.24) is 24.8 Å². The van der Waals surface area contributed by atoms with Crippen LogP contribution in [0.5, 0.6) is 0 Å². The van der Waals surface area contributed by atoms with Crippen LogP contribution in [-0.2, 0) is 22.5 Å². The van der Waals surface area contributed by atoms with Gasteiger partial charge in [-0.05, 0) is 31.9 Å². The third-order valence-corrected chi connectivity index (χ3v) is 5.25. The zero-order chi connectivity index (χ0) is 25.0. The number of carbonyl (C=O) groups excluding carboxylic acids is 1. The maximum absolute atomic E-state index is 12.0. The summed E-state index contributed by atoms with van der Waals surface area (Å²) < 4.78 is 7.15. The first-order valence-corrected chi connectivity index (χ1v) is 11.2. The fourth-order valence-electron chi connectivity index (χ4n) is 3.67. The van der Waals surface area contributed by atoms with Crippen LogP contribution in [0.3, 0.4) is 0 Å².